The van der Waals surface area contributed by atoms with Gasteiger partial charge in [-0.3, -0.25) is 0 Å². The Morgan fingerprint density at radius 1 is 1.17 bits per heavy atom. The zero-order valence-electron chi connectivity index (χ0n) is 13.4. The van der Waals surface area contributed by atoms with Gasteiger partial charge in [0.15, 0.2) is 0 Å². The number of urea groups is 1. The van der Waals surface area contributed by atoms with Crippen molar-refractivity contribution in [3.05, 3.63) is 65.7 Å². The molecule has 1 heterocycles. The second-order valence-electron chi connectivity index (χ2n) is 5.66. The van der Waals surface area contributed by atoms with Crippen molar-refractivity contribution >= 4 is 11.7 Å². The molecule has 1 unspecified atom stereocenters. The molecule has 23 heavy (non-hydrogen) atoms. The van der Waals surface area contributed by atoms with Gasteiger partial charge in [-0.05, 0) is 23.6 Å². The number of aryl methyl sites for hydroxylation is 1. The topological polar surface area (TPSA) is 41.6 Å². The summed E-state index contributed by atoms with van der Waals surface area (Å²) in [5.41, 5.74) is 3.15. The predicted molar refractivity (Wildman–Crippen MR) is 91.5 cm³/mol. The first-order valence-electron chi connectivity index (χ1n) is 8.08. The van der Waals surface area contributed by atoms with Crippen molar-refractivity contribution in [2.24, 2.45) is 0 Å². The van der Waals surface area contributed by atoms with Gasteiger partial charge in [0.2, 0.25) is 0 Å². The summed E-state index contributed by atoms with van der Waals surface area (Å²) in [5.74, 6) is 0. The van der Waals surface area contributed by atoms with Gasteiger partial charge in [0.25, 0.3) is 0 Å². The summed E-state index contributed by atoms with van der Waals surface area (Å²) in [6.07, 6.45) is 0.837. The second-order valence-corrected chi connectivity index (χ2v) is 5.66. The summed E-state index contributed by atoms with van der Waals surface area (Å²) >= 11 is 0. The van der Waals surface area contributed by atoms with E-state index in [0.29, 0.717) is 19.7 Å². The lowest BCUT2D eigenvalue weighted by atomic mass is 10.1. The highest BCUT2D eigenvalue weighted by Crippen LogP contribution is 2.23. The molecular weight excluding hydrogens is 288 g/mol. The van der Waals surface area contributed by atoms with Gasteiger partial charge in [-0.15, -0.1) is 0 Å². The van der Waals surface area contributed by atoms with E-state index in [1.807, 2.05) is 59.5 Å². The van der Waals surface area contributed by atoms with E-state index in [1.54, 1.807) is 0 Å². The molecule has 4 heteroatoms. The van der Waals surface area contributed by atoms with Crippen molar-refractivity contribution in [3.63, 3.8) is 0 Å². The van der Waals surface area contributed by atoms with Gasteiger partial charge in [0.1, 0.15) is 6.10 Å². The standard InChI is InChI=1S/C19H22N2O2/c1-2-15-8-6-7-11-17(15)20-19(22)21-12-13-23-18(14-21)16-9-4-3-5-10-16/h3-11,18H,2,12-14H2,1H3,(H,20,22). The lowest BCUT2D eigenvalue weighted by Gasteiger charge is -2.33. The van der Waals surface area contributed by atoms with Crippen molar-refractivity contribution in [3.8, 4) is 0 Å². The highest BCUT2D eigenvalue weighted by Gasteiger charge is 2.25. The van der Waals surface area contributed by atoms with Gasteiger partial charge in [0.05, 0.1) is 13.2 Å². The Morgan fingerprint density at radius 2 is 1.91 bits per heavy atom. The average Bonchev–Trinajstić information content (AvgIpc) is 2.63. The first kappa shape index (κ1) is 15.6. The molecule has 0 aliphatic carbocycles. The number of hydrogen-bond acceptors (Lipinski definition) is 2. The number of hydrogen-bond donors (Lipinski definition) is 1. The number of rotatable bonds is 3. The SMILES string of the molecule is CCc1ccccc1NC(=O)N1CCOC(c2ccccc2)C1. The van der Waals surface area contributed by atoms with Crippen LogP contribution >= 0.6 is 0 Å². The molecule has 0 saturated carbocycles. The van der Waals surface area contributed by atoms with Crippen LogP contribution in [0.5, 0.6) is 0 Å². The third kappa shape index (κ3) is 3.71. The number of para-hydroxylation sites is 1. The maximum Gasteiger partial charge on any atom is 0.322 e. The Labute approximate surface area is 137 Å². The number of ether oxygens (including phenoxy) is 1. The Kier molecular flexibility index (Phi) is 4.93. The zero-order chi connectivity index (χ0) is 16.1. The fourth-order valence-corrected chi connectivity index (χ4v) is 2.85. The summed E-state index contributed by atoms with van der Waals surface area (Å²) in [4.78, 5) is 14.4. The fraction of sp³-hybridized carbons (Fsp3) is 0.316. The molecule has 1 atom stereocenters. The molecule has 2 aromatic rings. The minimum atomic E-state index is -0.0601. The second kappa shape index (κ2) is 7.29. The van der Waals surface area contributed by atoms with Gasteiger partial charge in [-0.2, -0.15) is 0 Å². The number of anilines is 1. The van der Waals surface area contributed by atoms with E-state index in [-0.39, 0.29) is 12.1 Å². The van der Waals surface area contributed by atoms with E-state index in [2.05, 4.69) is 12.2 Å². The summed E-state index contributed by atoms with van der Waals surface area (Å²) in [6, 6.07) is 17.9. The predicted octanol–water partition coefficient (Wildman–Crippen LogP) is 3.85. The average molecular weight is 310 g/mol. The molecule has 0 radical (unpaired) electrons. The molecule has 3 rings (SSSR count). The van der Waals surface area contributed by atoms with Crippen LogP contribution < -0.4 is 5.32 Å². The van der Waals surface area contributed by atoms with Crippen LogP contribution in [0.1, 0.15) is 24.2 Å². The largest absolute Gasteiger partial charge is 0.370 e. The van der Waals surface area contributed by atoms with E-state index in [0.717, 1.165) is 23.2 Å². The van der Waals surface area contributed by atoms with Gasteiger partial charge in [-0.1, -0.05) is 55.5 Å². The Morgan fingerprint density at radius 3 is 2.70 bits per heavy atom. The molecule has 1 fully saturated rings. The monoisotopic (exact) mass is 310 g/mol. The molecule has 120 valence electrons. The van der Waals surface area contributed by atoms with Crippen molar-refractivity contribution in [1.29, 1.82) is 0 Å². The van der Waals surface area contributed by atoms with E-state index in [1.165, 1.54) is 0 Å². The van der Waals surface area contributed by atoms with Crippen molar-refractivity contribution < 1.29 is 9.53 Å². The van der Waals surface area contributed by atoms with Crippen LogP contribution in [0.15, 0.2) is 54.6 Å². The third-order valence-corrected chi connectivity index (χ3v) is 4.16. The zero-order valence-corrected chi connectivity index (χ0v) is 13.4. The molecular formula is C19H22N2O2. The Balaban J connectivity index is 1.68. The molecule has 2 aromatic carbocycles. The van der Waals surface area contributed by atoms with Gasteiger partial charge < -0.3 is 15.0 Å². The van der Waals surface area contributed by atoms with Crippen LogP contribution in [0, 0.1) is 0 Å². The molecule has 1 N–H and O–H groups in total. The minimum Gasteiger partial charge on any atom is -0.370 e. The normalized spacial score (nSPS) is 17.8. The van der Waals surface area contributed by atoms with E-state index < -0.39 is 0 Å². The minimum absolute atomic E-state index is 0.0582. The smallest absolute Gasteiger partial charge is 0.322 e. The first-order valence-corrected chi connectivity index (χ1v) is 8.08. The summed E-state index contributed by atoms with van der Waals surface area (Å²) in [5, 5.41) is 3.03. The molecule has 1 saturated heterocycles. The van der Waals surface area contributed by atoms with Gasteiger partial charge in [0, 0.05) is 12.2 Å². The van der Waals surface area contributed by atoms with Crippen LogP contribution in [0.25, 0.3) is 0 Å². The summed E-state index contributed by atoms with van der Waals surface area (Å²) < 4.78 is 5.82. The quantitative estimate of drug-likeness (QED) is 0.935. The number of carbonyl (C=O) groups is 1. The Bertz CT molecular complexity index is 657. The number of benzene rings is 2. The molecule has 2 amide bonds. The first-order chi connectivity index (χ1) is 11.3. The number of carbonyl (C=O) groups excluding carboxylic acids is 1. The summed E-state index contributed by atoms with van der Waals surface area (Å²) in [6.45, 7) is 3.83. The molecule has 0 bridgehead atoms. The number of morpholine rings is 1. The van der Waals surface area contributed by atoms with Crippen LogP contribution in [0.2, 0.25) is 0 Å². The lowest BCUT2D eigenvalue weighted by Crippen LogP contribution is -2.44. The molecule has 1 aliphatic rings. The number of nitrogens with one attached hydrogen (secondary N) is 1. The van der Waals surface area contributed by atoms with E-state index in [9.17, 15) is 4.79 Å². The van der Waals surface area contributed by atoms with Crippen LogP contribution in [0.4, 0.5) is 10.5 Å². The van der Waals surface area contributed by atoms with Crippen LogP contribution in [-0.2, 0) is 11.2 Å². The molecule has 0 spiro atoms. The number of amides is 2. The highest BCUT2D eigenvalue weighted by molar-refractivity contribution is 5.90. The molecule has 0 aromatic heterocycles. The van der Waals surface area contributed by atoms with Crippen LogP contribution in [0.3, 0.4) is 0 Å². The highest BCUT2D eigenvalue weighted by atomic mass is 16.5. The van der Waals surface area contributed by atoms with E-state index in [4.69, 9.17) is 4.74 Å². The molecule has 1 aliphatic heterocycles. The maximum absolute atomic E-state index is 12.6. The van der Waals surface area contributed by atoms with Crippen molar-refractivity contribution in [1.82, 2.24) is 4.90 Å². The lowest BCUT2D eigenvalue weighted by molar-refractivity contribution is -0.0135. The van der Waals surface area contributed by atoms with Crippen molar-refractivity contribution in [2.45, 2.75) is 19.4 Å². The fourth-order valence-electron chi connectivity index (χ4n) is 2.85. The van der Waals surface area contributed by atoms with Crippen molar-refractivity contribution in [2.75, 3.05) is 25.0 Å². The van der Waals surface area contributed by atoms with Crippen LogP contribution in [-0.4, -0.2) is 30.6 Å². The van der Waals surface area contributed by atoms with E-state index >= 15 is 0 Å². The van der Waals surface area contributed by atoms with Gasteiger partial charge >= 0.3 is 6.03 Å². The Hall–Kier alpha value is -2.33. The third-order valence-electron chi connectivity index (χ3n) is 4.16. The van der Waals surface area contributed by atoms with Gasteiger partial charge in [-0.25, -0.2) is 4.79 Å². The number of nitrogens with zero attached hydrogens (tertiary/aromatic N) is 1. The summed E-state index contributed by atoms with van der Waals surface area (Å²) in [7, 11) is 0. The molecule has 4 nitrogen and oxygen atoms in total. The maximum atomic E-state index is 12.6.